The highest BCUT2D eigenvalue weighted by Gasteiger charge is 2.32. The monoisotopic (exact) mass is 581 g/mol. The van der Waals surface area contributed by atoms with Crippen LogP contribution in [0.1, 0.15) is 54.9 Å². The van der Waals surface area contributed by atoms with Crippen LogP contribution in [0.15, 0.2) is 164 Å². The minimum absolute atomic E-state index is 0.174. The van der Waals surface area contributed by atoms with Gasteiger partial charge >= 0.3 is 0 Å². The molecule has 220 valence electrons. The minimum Gasteiger partial charge on any atom is -0.376 e. The molecule has 0 unspecified atom stereocenters. The van der Waals surface area contributed by atoms with E-state index in [1.54, 1.807) is 0 Å². The molecule has 0 aromatic heterocycles. The van der Waals surface area contributed by atoms with Gasteiger partial charge in [-0.1, -0.05) is 166 Å². The Hall–Kier alpha value is -5.14. The molecule has 1 N–H and O–H groups in total. The van der Waals surface area contributed by atoms with Crippen LogP contribution in [-0.4, -0.2) is 0 Å². The fourth-order valence-corrected chi connectivity index (χ4v) is 7.11. The largest absolute Gasteiger partial charge is 0.376 e. The van der Waals surface area contributed by atoms with Crippen molar-refractivity contribution < 1.29 is 0 Å². The quantitative estimate of drug-likeness (QED) is 0.167. The van der Waals surface area contributed by atoms with E-state index in [4.69, 9.17) is 0 Å². The van der Waals surface area contributed by atoms with Gasteiger partial charge in [0.1, 0.15) is 0 Å². The van der Waals surface area contributed by atoms with Crippen molar-refractivity contribution in [3.05, 3.63) is 186 Å². The van der Waals surface area contributed by atoms with Crippen molar-refractivity contribution in [1.82, 2.24) is 0 Å². The Morgan fingerprint density at radius 1 is 0.489 bits per heavy atom. The molecule has 1 heteroatoms. The standard InChI is InChI=1S/C44H39N/c1-3-44(4-2,45-39-29-27-32-15-11-12-21-38(32)31-39)41-30-28-33-16-13-14-22-40(33)43(41)37-25-23-36(24-26-37)42(34-17-7-5-8-18-34)35-19-9-6-10-20-35/h5-31,42,45H,3-4H2,1-2H3. The second-order valence-electron chi connectivity index (χ2n) is 12.1. The molecule has 45 heavy (non-hydrogen) atoms. The number of hydrogen-bond donors (Lipinski definition) is 1. The molecular formula is C44H39N. The Bertz CT molecular complexity index is 2000. The molecule has 7 rings (SSSR count). The van der Waals surface area contributed by atoms with Gasteiger partial charge in [-0.15, -0.1) is 0 Å². The Morgan fingerprint density at radius 2 is 1.02 bits per heavy atom. The highest BCUT2D eigenvalue weighted by atomic mass is 15.0. The van der Waals surface area contributed by atoms with Gasteiger partial charge in [-0.05, 0) is 79.9 Å². The number of hydrogen-bond acceptors (Lipinski definition) is 1. The van der Waals surface area contributed by atoms with Crippen LogP contribution in [0.5, 0.6) is 0 Å². The first-order valence-electron chi connectivity index (χ1n) is 16.2. The maximum atomic E-state index is 4.05. The normalized spacial score (nSPS) is 11.7. The fourth-order valence-electron chi connectivity index (χ4n) is 7.11. The Balaban J connectivity index is 1.36. The van der Waals surface area contributed by atoms with Crippen LogP contribution < -0.4 is 5.32 Å². The van der Waals surface area contributed by atoms with Crippen molar-refractivity contribution in [3.63, 3.8) is 0 Å². The first-order valence-corrected chi connectivity index (χ1v) is 16.2. The summed E-state index contributed by atoms with van der Waals surface area (Å²) in [5.74, 6) is 0.174. The molecule has 0 radical (unpaired) electrons. The van der Waals surface area contributed by atoms with Gasteiger partial charge in [-0.25, -0.2) is 0 Å². The molecule has 0 atom stereocenters. The lowest BCUT2D eigenvalue weighted by atomic mass is 9.77. The number of anilines is 1. The van der Waals surface area contributed by atoms with Crippen molar-refractivity contribution in [2.75, 3.05) is 5.32 Å². The topological polar surface area (TPSA) is 12.0 Å². The van der Waals surface area contributed by atoms with Crippen LogP contribution in [0.3, 0.4) is 0 Å². The van der Waals surface area contributed by atoms with Gasteiger partial charge in [-0.3, -0.25) is 0 Å². The van der Waals surface area contributed by atoms with Crippen molar-refractivity contribution in [2.24, 2.45) is 0 Å². The smallest absolute Gasteiger partial charge is 0.0626 e. The Kier molecular flexibility index (Phi) is 7.92. The van der Waals surface area contributed by atoms with Gasteiger partial charge in [0.05, 0.1) is 5.54 Å². The third kappa shape index (κ3) is 5.51. The number of nitrogens with one attached hydrogen (secondary N) is 1. The van der Waals surface area contributed by atoms with Gasteiger partial charge in [0.2, 0.25) is 0 Å². The van der Waals surface area contributed by atoms with E-state index in [2.05, 4.69) is 183 Å². The summed E-state index contributed by atoms with van der Waals surface area (Å²) in [6.07, 6.45) is 1.92. The molecule has 0 saturated carbocycles. The molecule has 0 fully saturated rings. The van der Waals surface area contributed by atoms with Crippen molar-refractivity contribution >= 4 is 27.2 Å². The van der Waals surface area contributed by atoms with Crippen LogP contribution >= 0.6 is 0 Å². The minimum atomic E-state index is -0.239. The first-order chi connectivity index (χ1) is 22.2. The summed E-state index contributed by atoms with van der Waals surface area (Å²) >= 11 is 0. The van der Waals surface area contributed by atoms with Crippen LogP contribution in [0, 0.1) is 0 Å². The molecule has 0 aliphatic rings. The maximum absolute atomic E-state index is 4.05. The lowest BCUT2D eigenvalue weighted by Gasteiger charge is -2.37. The zero-order chi connectivity index (χ0) is 30.6. The summed E-state index contributed by atoms with van der Waals surface area (Å²) in [5.41, 5.74) is 8.72. The van der Waals surface area contributed by atoms with E-state index in [0.717, 1.165) is 18.5 Å². The second-order valence-corrected chi connectivity index (χ2v) is 12.1. The van der Waals surface area contributed by atoms with E-state index < -0.39 is 0 Å². The van der Waals surface area contributed by atoms with E-state index in [1.165, 1.54) is 54.9 Å². The number of fused-ring (bicyclic) bond motifs is 2. The molecule has 0 aliphatic carbocycles. The molecule has 7 aromatic carbocycles. The highest BCUT2D eigenvalue weighted by molar-refractivity contribution is 5.99. The van der Waals surface area contributed by atoms with E-state index in [1.807, 2.05) is 0 Å². The second kappa shape index (κ2) is 12.5. The molecule has 0 amide bonds. The van der Waals surface area contributed by atoms with Gasteiger partial charge in [0.25, 0.3) is 0 Å². The predicted octanol–water partition coefficient (Wildman–Crippen LogP) is 12.0. The SMILES string of the molecule is CCC(CC)(Nc1ccc2ccccc2c1)c1ccc2ccccc2c1-c1ccc(C(c2ccccc2)c2ccccc2)cc1. The van der Waals surface area contributed by atoms with Crippen LogP contribution in [0.25, 0.3) is 32.7 Å². The van der Waals surface area contributed by atoms with Crippen molar-refractivity contribution in [3.8, 4) is 11.1 Å². The average molecular weight is 582 g/mol. The summed E-state index contributed by atoms with van der Waals surface area (Å²) in [5, 5.41) is 9.11. The highest BCUT2D eigenvalue weighted by Crippen LogP contribution is 2.43. The Morgan fingerprint density at radius 3 is 1.67 bits per heavy atom. The molecular weight excluding hydrogens is 542 g/mol. The first kappa shape index (κ1) is 28.6. The molecule has 0 heterocycles. The molecule has 7 aromatic rings. The molecule has 0 bridgehead atoms. The Labute approximate surface area is 267 Å². The fraction of sp³-hybridized carbons (Fsp3) is 0.136. The lowest BCUT2D eigenvalue weighted by Crippen LogP contribution is -2.34. The van der Waals surface area contributed by atoms with E-state index in [0.29, 0.717) is 0 Å². The van der Waals surface area contributed by atoms with Crippen LogP contribution in [0.4, 0.5) is 5.69 Å². The van der Waals surface area contributed by atoms with Crippen molar-refractivity contribution in [2.45, 2.75) is 38.1 Å². The molecule has 1 nitrogen and oxygen atoms in total. The number of rotatable bonds is 9. The predicted molar refractivity (Wildman–Crippen MR) is 193 cm³/mol. The summed E-state index contributed by atoms with van der Waals surface area (Å²) in [6, 6.07) is 59.9. The molecule has 0 saturated heterocycles. The number of benzene rings is 7. The molecule has 0 spiro atoms. The molecule has 0 aliphatic heterocycles. The van der Waals surface area contributed by atoms with E-state index in [-0.39, 0.29) is 11.5 Å². The van der Waals surface area contributed by atoms with Crippen LogP contribution in [-0.2, 0) is 5.54 Å². The van der Waals surface area contributed by atoms with Gasteiger partial charge < -0.3 is 5.32 Å². The van der Waals surface area contributed by atoms with Crippen molar-refractivity contribution in [1.29, 1.82) is 0 Å². The van der Waals surface area contributed by atoms with Crippen LogP contribution in [0.2, 0.25) is 0 Å². The van der Waals surface area contributed by atoms with Gasteiger partial charge in [0.15, 0.2) is 0 Å². The van der Waals surface area contributed by atoms with Gasteiger partial charge in [0, 0.05) is 11.6 Å². The van der Waals surface area contributed by atoms with E-state index >= 15 is 0 Å². The third-order valence-corrected chi connectivity index (χ3v) is 9.58. The zero-order valence-electron chi connectivity index (χ0n) is 26.1. The lowest BCUT2D eigenvalue weighted by molar-refractivity contribution is 0.456. The third-order valence-electron chi connectivity index (χ3n) is 9.58. The zero-order valence-corrected chi connectivity index (χ0v) is 26.1. The van der Waals surface area contributed by atoms with E-state index in [9.17, 15) is 0 Å². The summed E-state index contributed by atoms with van der Waals surface area (Å²) in [6.45, 7) is 4.62. The summed E-state index contributed by atoms with van der Waals surface area (Å²) in [7, 11) is 0. The summed E-state index contributed by atoms with van der Waals surface area (Å²) in [4.78, 5) is 0. The maximum Gasteiger partial charge on any atom is 0.0626 e. The summed E-state index contributed by atoms with van der Waals surface area (Å²) < 4.78 is 0. The average Bonchev–Trinajstić information content (AvgIpc) is 3.11. The van der Waals surface area contributed by atoms with Gasteiger partial charge in [-0.2, -0.15) is 0 Å².